The molecular weight excluding hydrogens is 230 g/mol. The van der Waals surface area contributed by atoms with E-state index in [2.05, 4.69) is 11.8 Å². The summed E-state index contributed by atoms with van der Waals surface area (Å²) in [7, 11) is 0. The first kappa shape index (κ1) is 14.7. The fraction of sp³-hybridized carbons (Fsp3) is 0.500. The summed E-state index contributed by atoms with van der Waals surface area (Å²) in [5, 5.41) is 8.98. The first-order valence-corrected chi connectivity index (χ1v) is 6.33. The van der Waals surface area contributed by atoms with Crippen LogP contribution < -0.4 is 5.90 Å². The minimum absolute atomic E-state index is 0.00210. The summed E-state index contributed by atoms with van der Waals surface area (Å²) in [6.07, 6.45) is 3.90. The summed E-state index contributed by atoms with van der Waals surface area (Å²) in [6.45, 7) is 2.12. The Hall–Kier alpha value is -1.39. The molecule has 4 nitrogen and oxygen atoms in total. The zero-order valence-electron chi connectivity index (χ0n) is 10.8. The normalized spacial score (nSPS) is 12.2. The van der Waals surface area contributed by atoms with E-state index < -0.39 is 5.97 Å². The Kier molecular flexibility index (Phi) is 6.39. The van der Waals surface area contributed by atoms with E-state index in [1.165, 1.54) is 0 Å². The molecule has 1 unspecified atom stereocenters. The summed E-state index contributed by atoms with van der Waals surface area (Å²) in [5.41, 5.74) is 1.71. The van der Waals surface area contributed by atoms with Crippen LogP contribution in [0.2, 0.25) is 0 Å². The zero-order valence-corrected chi connectivity index (χ0v) is 10.8. The number of hydrogen-bond acceptors (Lipinski definition) is 4. The molecule has 0 radical (unpaired) electrons. The van der Waals surface area contributed by atoms with E-state index in [0.717, 1.165) is 36.8 Å². The van der Waals surface area contributed by atoms with Gasteiger partial charge in [-0.15, -0.1) is 0 Å². The van der Waals surface area contributed by atoms with E-state index in [-0.39, 0.29) is 12.5 Å². The van der Waals surface area contributed by atoms with Gasteiger partial charge in [-0.2, -0.15) is 5.90 Å². The van der Waals surface area contributed by atoms with Crippen LogP contribution in [0, 0.1) is 0 Å². The third kappa shape index (κ3) is 4.13. The molecule has 1 atom stereocenters. The molecule has 18 heavy (non-hydrogen) atoms. The summed E-state index contributed by atoms with van der Waals surface area (Å²) < 4.78 is 0. The van der Waals surface area contributed by atoms with Gasteiger partial charge in [-0.3, -0.25) is 0 Å². The minimum Gasteiger partial charge on any atom is -0.392 e. The molecule has 1 aromatic rings. The number of rotatable bonds is 7. The first-order chi connectivity index (χ1) is 8.72. The van der Waals surface area contributed by atoms with Crippen molar-refractivity contribution in [1.82, 2.24) is 0 Å². The molecule has 0 saturated heterocycles. The number of hydrogen-bond donors (Lipinski definition) is 2. The van der Waals surface area contributed by atoms with Gasteiger partial charge in [0.25, 0.3) is 0 Å². The second-order valence-electron chi connectivity index (χ2n) is 4.38. The molecule has 0 aliphatic heterocycles. The van der Waals surface area contributed by atoms with E-state index in [1.807, 2.05) is 24.3 Å². The van der Waals surface area contributed by atoms with Gasteiger partial charge < -0.3 is 9.94 Å². The molecule has 0 saturated carbocycles. The Morgan fingerprint density at radius 1 is 1.33 bits per heavy atom. The zero-order chi connectivity index (χ0) is 13.4. The fourth-order valence-electron chi connectivity index (χ4n) is 1.96. The molecule has 0 spiro atoms. The molecule has 4 heteroatoms. The summed E-state index contributed by atoms with van der Waals surface area (Å²) >= 11 is 0. The van der Waals surface area contributed by atoms with Gasteiger partial charge in [-0.25, -0.2) is 4.79 Å². The van der Waals surface area contributed by atoms with E-state index in [1.54, 1.807) is 0 Å². The maximum absolute atomic E-state index is 11.7. The van der Waals surface area contributed by atoms with Crippen LogP contribution in [0.15, 0.2) is 24.3 Å². The lowest BCUT2D eigenvalue weighted by Crippen LogP contribution is -2.19. The van der Waals surface area contributed by atoms with Gasteiger partial charge >= 0.3 is 5.97 Å². The fourth-order valence-corrected chi connectivity index (χ4v) is 1.96. The maximum atomic E-state index is 11.7. The lowest BCUT2D eigenvalue weighted by atomic mass is 9.92. The predicted molar refractivity (Wildman–Crippen MR) is 69.5 cm³/mol. The molecular formula is C14H21NO3. The van der Waals surface area contributed by atoms with Crippen molar-refractivity contribution in [2.75, 3.05) is 0 Å². The molecule has 0 amide bonds. The number of unbranched alkanes of at least 4 members (excludes halogenated alkanes) is 2. The molecule has 0 aliphatic carbocycles. The monoisotopic (exact) mass is 251 g/mol. The predicted octanol–water partition coefficient (Wildman–Crippen LogP) is 2.26. The second-order valence-corrected chi connectivity index (χ2v) is 4.38. The second kappa shape index (κ2) is 7.84. The van der Waals surface area contributed by atoms with E-state index >= 15 is 0 Å². The van der Waals surface area contributed by atoms with Crippen molar-refractivity contribution in [3.8, 4) is 0 Å². The van der Waals surface area contributed by atoms with Crippen molar-refractivity contribution >= 4 is 5.97 Å². The van der Waals surface area contributed by atoms with Crippen molar-refractivity contribution in [2.24, 2.45) is 5.90 Å². The Bertz CT molecular complexity index is 362. The van der Waals surface area contributed by atoms with Crippen LogP contribution >= 0.6 is 0 Å². The Morgan fingerprint density at radius 2 is 2.00 bits per heavy atom. The summed E-state index contributed by atoms with van der Waals surface area (Å²) in [4.78, 5) is 16.0. The minimum atomic E-state index is -0.400. The van der Waals surface area contributed by atoms with Gasteiger partial charge in [0, 0.05) is 0 Å². The van der Waals surface area contributed by atoms with Gasteiger partial charge in [0.05, 0.1) is 12.5 Å². The average molecular weight is 251 g/mol. The average Bonchev–Trinajstić information content (AvgIpc) is 2.43. The molecule has 100 valence electrons. The van der Waals surface area contributed by atoms with Crippen LogP contribution in [-0.4, -0.2) is 11.1 Å². The molecule has 0 aromatic heterocycles. The Balaban J connectivity index is 2.76. The van der Waals surface area contributed by atoms with Crippen LogP contribution in [0.1, 0.15) is 49.7 Å². The molecule has 0 heterocycles. The summed E-state index contributed by atoms with van der Waals surface area (Å²) in [5.74, 6) is 4.27. The Labute approximate surface area is 108 Å². The van der Waals surface area contributed by atoms with Gasteiger partial charge in [-0.1, -0.05) is 50.5 Å². The van der Waals surface area contributed by atoms with Gasteiger partial charge in [0.2, 0.25) is 0 Å². The van der Waals surface area contributed by atoms with Crippen LogP contribution in [0.3, 0.4) is 0 Å². The van der Waals surface area contributed by atoms with Crippen LogP contribution in [0.5, 0.6) is 0 Å². The van der Waals surface area contributed by atoms with Crippen molar-refractivity contribution < 1.29 is 14.7 Å². The smallest absolute Gasteiger partial charge is 0.331 e. The first-order valence-electron chi connectivity index (χ1n) is 6.33. The van der Waals surface area contributed by atoms with Crippen LogP contribution in [0.25, 0.3) is 0 Å². The highest BCUT2D eigenvalue weighted by atomic mass is 16.7. The number of benzene rings is 1. The van der Waals surface area contributed by atoms with Gasteiger partial charge in [-0.05, 0) is 17.5 Å². The highest BCUT2D eigenvalue weighted by Gasteiger charge is 2.21. The van der Waals surface area contributed by atoms with Crippen molar-refractivity contribution in [1.29, 1.82) is 0 Å². The van der Waals surface area contributed by atoms with Crippen LogP contribution in [-0.2, 0) is 16.2 Å². The highest BCUT2D eigenvalue weighted by Crippen LogP contribution is 2.24. The molecule has 0 aliphatic rings. The number of aliphatic hydroxyl groups is 1. The highest BCUT2D eigenvalue weighted by molar-refractivity contribution is 5.77. The standard InChI is InChI=1S/C14H21NO3/c1-2-3-4-5-13(14(17)18-15)12-8-6-11(10-16)7-9-12/h6-9,13,16H,2-5,10,15H2,1H3. The number of aliphatic hydroxyl groups excluding tert-OH is 1. The van der Waals surface area contributed by atoms with E-state index in [9.17, 15) is 4.79 Å². The number of carbonyl (C=O) groups is 1. The van der Waals surface area contributed by atoms with Crippen molar-refractivity contribution in [3.05, 3.63) is 35.4 Å². The lowest BCUT2D eigenvalue weighted by molar-refractivity contribution is -0.146. The van der Waals surface area contributed by atoms with Gasteiger partial charge in [0.1, 0.15) is 0 Å². The third-order valence-corrected chi connectivity index (χ3v) is 3.06. The van der Waals surface area contributed by atoms with Crippen molar-refractivity contribution in [2.45, 2.75) is 45.1 Å². The summed E-state index contributed by atoms with van der Waals surface area (Å²) in [6, 6.07) is 7.32. The number of nitrogens with two attached hydrogens (primary N) is 1. The molecule has 0 bridgehead atoms. The van der Waals surface area contributed by atoms with Gasteiger partial charge in [0.15, 0.2) is 0 Å². The topological polar surface area (TPSA) is 72.5 Å². The van der Waals surface area contributed by atoms with E-state index in [4.69, 9.17) is 11.0 Å². The largest absolute Gasteiger partial charge is 0.392 e. The van der Waals surface area contributed by atoms with E-state index in [0.29, 0.717) is 0 Å². The molecule has 1 aromatic carbocycles. The molecule has 3 N–H and O–H groups in total. The third-order valence-electron chi connectivity index (χ3n) is 3.06. The van der Waals surface area contributed by atoms with Crippen molar-refractivity contribution in [3.63, 3.8) is 0 Å². The molecule has 1 rings (SSSR count). The maximum Gasteiger partial charge on any atom is 0.331 e. The lowest BCUT2D eigenvalue weighted by Gasteiger charge is -2.14. The molecule has 0 fully saturated rings. The Morgan fingerprint density at radius 3 is 2.50 bits per heavy atom. The SMILES string of the molecule is CCCCCC(C(=O)ON)c1ccc(CO)cc1. The number of carbonyl (C=O) groups excluding carboxylic acids is 1. The van der Waals surface area contributed by atoms with Crippen LogP contribution in [0.4, 0.5) is 0 Å². The quantitative estimate of drug-likeness (QED) is 0.576.